The van der Waals surface area contributed by atoms with Crippen molar-refractivity contribution in [2.24, 2.45) is 0 Å². The molecule has 0 saturated heterocycles. The molecule has 0 aliphatic carbocycles. The number of carbonyl (C=O) groups is 1. The lowest BCUT2D eigenvalue weighted by Gasteiger charge is -2.31. The second-order valence-electron chi connectivity index (χ2n) is 4.85. The molecule has 1 aromatic rings. The van der Waals surface area contributed by atoms with E-state index in [-0.39, 0.29) is 24.5 Å². The molecule has 6 nitrogen and oxygen atoms in total. The Hall–Kier alpha value is -1.48. The first-order chi connectivity index (χ1) is 10.4. The van der Waals surface area contributed by atoms with Gasteiger partial charge in [0.15, 0.2) is 0 Å². The third kappa shape index (κ3) is 3.30. The van der Waals surface area contributed by atoms with E-state index in [4.69, 9.17) is 5.11 Å². The Kier molecular flexibility index (Phi) is 5.17. The molecule has 0 amide bonds. The van der Waals surface area contributed by atoms with Crippen LogP contribution in [0.25, 0.3) is 0 Å². The van der Waals surface area contributed by atoms with Gasteiger partial charge in [-0.3, -0.25) is 0 Å². The van der Waals surface area contributed by atoms with Gasteiger partial charge in [0.05, 0.1) is 0 Å². The van der Waals surface area contributed by atoms with Crippen LogP contribution in [0.15, 0.2) is 31.4 Å². The molecule has 1 aliphatic rings. The lowest BCUT2D eigenvalue weighted by Crippen LogP contribution is -2.45. The first-order valence-corrected chi connectivity index (χ1v) is 8.93. The molecule has 120 valence electrons. The van der Waals surface area contributed by atoms with Crippen molar-refractivity contribution >= 4 is 27.5 Å². The van der Waals surface area contributed by atoms with Crippen LogP contribution in [0, 0.1) is 0 Å². The summed E-state index contributed by atoms with van der Waals surface area (Å²) in [5, 5.41) is 9.04. The number of fused-ring (bicyclic) bond motifs is 1. The normalized spacial score (nSPS) is 15.5. The minimum Gasteiger partial charge on any atom is -0.477 e. The fraction of sp³-hybridized carbons (Fsp3) is 0.357. The predicted octanol–water partition coefficient (Wildman–Crippen LogP) is 1.72. The van der Waals surface area contributed by atoms with Gasteiger partial charge in [-0.05, 0) is 18.1 Å². The van der Waals surface area contributed by atoms with E-state index in [1.54, 1.807) is 6.07 Å². The maximum atomic E-state index is 12.7. The lowest BCUT2D eigenvalue weighted by molar-refractivity contribution is 0.0702. The average Bonchev–Trinajstić information content (AvgIpc) is 2.90. The van der Waals surface area contributed by atoms with Crippen LogP contribution >= 0.6 is 11.3 Å². The van der Waals surface area contributed by atoms with Crippen LogP contribution in [0.2, 0.25) is 0 Å². The standard InChI is InChI=1S/C14H18N2O4S2/c1-3-6-15(7-4-2)22(19,20)16-8-5-11-9-12(14(17)18)21-13(11)10-16/h3-4,9H,1-2,5-8,10H2,(H,17,18). The molecule has 2 heterocycles. The van der Waals surface area contributed by atoms with Crippen LogP contribution in [-0.2, 0) is 23.2 Å². The first kappa shape index (κ1) is 16.9. The summed E-state index contributed by atoms with van der Waals surface area (Å²) in [4.78, 5) is 12.1. The highest BCUT2D eigenvalue weighted by molar-refractivity contribution is 7.86. The Labute approximate surface area is 134 Å². The highest BCUT2D eigenvalue weighted by Crippen LogP contribution is 2.30. The molecule has 1 N–H and O–H groups in total. The van der Waals surface area contributed by atoms with Gasteiger partial charge in [0.25, 0.3) is 10.2 Å². The fourth-order valence-corrected chi connectivity index (χ4v) is 4.99. The van der Waals surface area contributed by atoms with E-state index in [0.717, 1.165) is 21.8 Å². The molecule has 0 spiro atoms. The summed E-state index contributed by atoms with van der Waals surface area (Å²) in [5.74, 6) is -0.978. The van der Waals surface area contributed by atoms with Crippen molar-refractivity contribution in [1.29, 1.82) is 0 Å². The van der Waals surface area contributed by atoms with Crippen LogP contribution in [0.1, 0.15) is 20.1 Å². The molecule has 0 radical (unpaired) electrons. The highest BCUT2D eigenvalue weighted by Gasteiger charge is 2.32. The van der Waals surface area contributed by atoms with Gasteiger partial charge in [-0.2, -0.15) is 17.0 Å². The van der Waals surface area contributed by atoms with E-state index in [1.165, 1.54) is 20.8 Å². The van der Waals surface area contributed by atoms with E-state index in [2.05, 4.69) is 13.2 Å². The summed E-state index contributed by atoms with van der Waals surface area (Å²) in [6.45, 7) is 8.13. The van der Waals surface area contributed by atoms with E-state index in [1.807, 2.05) is 0 Å². The number of carboxylic acid groups (broad SMARTS) is 1. The molecule has 22 heavy (non-hydrogen) atoms. The van der Waals surface area contributed by atoms with E-state index >= 15 is 0 Å². The molecule has 1 aliphatic heterocycles. The smallest absolute Gasteiger partial charge is 0.345 e. The zero-order valence-corrected chi connectivity index (χ0v) is 13.7. The first-order valence-electron chi connectivity index (χ1n) is 6.72. The van der Waals surface area contributed by atoms with Gasteiger partial charge in [0.1, 0.15) is 4.88 Å². The molecule has 0 fully saturated rings. The fourth-order valence-electron chi connectivity index (χ4n) is 2.31. The number of thiophene rings is 1. The van der Waals surface area contributed by atoms with Crippen molar-refractivity contribution in [3.8, 4) is 0 Å². The van der Waals surface area contributed by atoms with Crippen molar-refractivity contribution in [3.05, 3.63) is 46.7 Å². The van der Waals surface area contributed by atoms with Crippen molar-refractivity contribution < 1.29 is 18.3 Å². The quantitative estimate of drug-likeness (QED) is 0.766. The topological polar surface area (TPSA) is 77.9 Å². The van der Waals surface area contributed by atoms with Crippen LogP contribution in [0.4, 0.5) is 0 Å². The van der Waals surface area contributed by atoms with E-state index in [0.29, 0.717) is 13.0 Å². The molecular weight excluding hydrogens is 324 g/mol. The van der Waals surface area contributed by atoms with Gasteiger partial charge < -0.3 is 5.11 Å². The third-order valence-corrected chi connectivity index (χ3v) is 6.44. The molecule has 0 aromatic carbocycles. The minimum atomic E-state index is -3.62. The zero-order chi connectivity index (χ0) is 16.3. The summed E-state index contributed by atoms with van der Waals surface area (Å²) in [5.41, 5.74) is 0.924. The Morgan fingerprint density at radius 3 is 2.59 bits per heavy atom. The monoisotopic (exact) mass is 342 g/mol. The maximum Gasteiger partial charge on any atom is 0.345 e. The Morgan fingerprint density at radius 1 is 1.41 bits per heavy atom. The largest absolute Gasteiger partial charge is 0.477 e. The number of hydrogen-bond donors (Lipinski definition) is 1. The second kappa shape index (κ2) is 6.74. The lowest BCUT2D eigenvalue weighted by atomic mass is 10.1. The molecule has 0 atom stereocenters. The van der Waals surface area contributed by atoms with Gasteiger partial charge in [-0.15, -0.1) is 24.5 Å². The summed E-state index contributed by atoms with van der Waals surface area (Å²) in [7, 11) is -3.62. The van der Waals surface area contributed by atoms with Crippen LogP contribution in [-0.4, -0.2) is 47.7 Å². The average molecular weight is 342 g/mol. The molecule has 0 bridgehead atoms. The summed E-state index contributed by atoms with van der Waals surface area (Å²) >= 11 is 1.14. The summed E-state index contributed by atoms with van der Waals surface area (Å²) < 4.78 is 28.0. The van der Waals surface area contributed by atoms with E-state index < -0.39 is 16.2 Å². The number of rotatable bonds is 7. The number of carboxylic acids is 1. The van der Waals surface area contributed by atoms with Crippen LogP contribution in [0.3, 0.4) is 0 Å². The SMILES string of the molecule is C=CCN(CC=C)S(=O)(=O)N1CCc2cc(C(=O)O)sc2C1. The van der Waals surface area contributed by atoms with Gasteiger partial charge in [0.2, 0.25) is 0 Å². The molecular formula is C14H18N2O4S2. The van der Waals surface area contributed by atoms with Crippen LogP contribution in [0.5, 0.6) is 0 Å². The van der Waals surface area contributed by atoms with Crippen molar-refractivity contribution in [3.63, 3.8) is 0 Å². The van der Waals surface area contributed by atoms with Gasteiger partial charge >= 0.3 is 5.97 Å². The highest BCUT2D eigenvalue weighted by atomic mass is 32.2. The second-order valence-corrected chi connectivity index (χ2v) is 7.92. The Bertz CT molecular complexity index is 684. The molecule has 2 rings (SSSR count). The van der Waals surface area contributed by atoms with Gasteiger partial charge in [-0.1, -0.05) is 12.2 Å². The number of hydrogen-bond acceptors (Lipinski definition) is 4. The van der Waals surface area contributed by atoms with Gasteiger partial charge in [0, 0.05) is 31.1 Å². The van der Waals surface area contributed by atoms with Crippen LogP contribution < -0.4 is 0 Å². The summed E-state index contributed by atoms with van der Waals surface area (Å²) in [6, 6.07) is 1.64. The summed E-state index contributed by atoms with van der Waals surface area (Å²) in [6.07, 6.45) is 3.59. The van der Waals surface area contributed by atoms with Crippen molar-refractivity contribution in [2.75, 3.05) is 19.6 Å². The Morgan fingerprint density at radius 2 is 2.05 bits per heavy atom. The zero-order valence-electron chi connectivity index (χ0n) is 12.1. The third-order valence-electron chi connectivity index (χ3n) is 3.38. The molecule has 0 unspecified atom stereocenters. The van der Waals surface area contributed by atoms with Crippen molar-refractivity contribution in [2.45, 2.75) is 13.0 Å². The van der Waals surface area contributed by atoms with E-state index in [9.17, 15) is 13.2 Å². The molecule has 0 saturated carbocycles. The number of aromatic carboxylic acids is 1. The molecule has 1 aromatic heterocycles. The number of nitrogens with zero attached hydrogens (tertiary/aromatic N) is 2. The van der Waals surface area contributed by atoms with Crippen molar-refractivity contribution in [1.82, 2.24) is 8.61 Å². The molecule has 8 heteroatoms. The maximum absolute atomic E-state index is 12.7. The Balaban J connectivity index is 2.24. The van der Waals surface area contributed by atoms with Gasteiger partial charge in [-0.25, -0.2) is 4.79 Å². The predicted molar refractivity (Wildman–Crippen MR) is 86.3 cm³/mol. The minimum absolute atomic E-state index is 0.209.